The van der Waals surface area contributed by atoms with Gasteiger partial charge in [0.1, 0.15) is 0 Å². The second-order valence-corrected chi connectivity index (χ2v) is 5.67. The van der Waals surface area contributed by atoms with Crippen molar-refractivity contribution in [1.82, 2.24) is 0 Å². The van der Waals surface area contributed by atoms with Crippen LogP contribution in [0.5, 0.6) is 0 Å². The Morgan fingerprint density at radius 3 is 2.69 bits per heavy atom. The minimum Gasteiger partial charge on any atom is -0.275 e. The summed E-state index contributed by atoms with van der Waals surface area (Å²) in [4.78, 5) is 12.9. The SMILES string of the molecule is CCCCC(CC)Cc1ccc(C(=O)Cl)s1. The van der Waals surface area contributed by atoms with Crippen molar-refractivity contribution in [2.75, 3.05) is 0 Å². The molecule has 16 heavy (non-hydrogen) atoms. The normalized spacial score (nSPS) is 12.7. The van der Waals surface area contributed by atoms with E-state index in [0.717, 1.165) is 12.3 Å². The van der Waals surface area contributed by atoms with Crippen LogP contribution in [0, 0.1) is 5.92 Å². The lowest BCUT2D eigenvalue weighted by atomic mass is 9.95. The van der Waals surface area contributed by atoms with Gasteiger partial charge in [0.15, 0.2) is 0 Å². The minimum atomic E-state index is -0.335. The van der Waals surface area contributed by atoms with Crippen molar-refractivity contribution in [1.29, 1.82) is 0 Å². The number of carbonyl (C=O) groups is 1. The minimum absolute atomic E-state index is 0.335. The van der Waals surface area contributed by atoms with Gasteiger partial charge < -0.3 is 0 Å². The molecule has 0 spiro atoms. The van der Waals surface area contributed by atoms with E-state index in [1.54, 1.807) is 0 Å². The van der Waals surface area contributed by atoms with Gasteiger partial charge in [-0.1, -0.05) is 39.5 Å². The summed E-state index contributed by atoms with van der Waals surface area (Å²) in [6, 6.07) is 3.87. The zero-order valence-corrected chi connectivity index (χ0v) is 11.5. The summed E-state index contributed by atoms with van der Waals surface area (Å²) in [6.07, 6.45) is 6.14. The quantitative estimate of drug-likeness (QED) is 0.637. The fourth-order valence-electron chi connectivity index (χ4n) is 1.82. The van der Waals surface area contributed by atoms with Crippen molar-refractivity contribution in [3.8, 4) is 0 Å². The Balaban J connectivity index is 2.52. The average Bonchev–Trinajstić information content (AvgIpc) is 2.72. The number of hydrogen-bond acceptors (Lipinski definition) is 2. The maximum Gasteiger partial charge on any atom is 0.262 e. The first kappa shape index (κ1) is 13.7. The molecule has 0 fully saturated rings. The topological polar surface area (TPSA) is 17.1 Å². The van der Waals surface area contributed by atoms with Crippen molar-refractivity contribution in [3.05, 3.63) is 21.9 Å². The standard InChI is InChI=1S/C13H19ClOS/c1-3-5-6-10(4-2)9-11-7-8-12(16-11)13(14)15/h7-8,10H,3-6,9H2,1-2H3. The number of carbonyl (C=O) groups excluding carboxylic acids is 1. The number of thiophene rings is 1. The van der Waals surface area contributed by atoms with Crippen molar-refractivity contribution < 1.29 is 4.79 Å². The summed E-state index contributed by atoms with van der Waals surface area (Å²) < 4.78 is 0. The summed E-state index contributed by atoms with van der Waals surface area (Å²) in [6.45, 7) is 4.46. The fourth-order valence-corrected chi connectivity index (χ4v) is 2.95. The lowest BCUT2D eigenvalue weighted by molar-refractivity contribution is 0.108. The van der Waals surface area contributed by atoms with E-state index < -0.39 is 0 Å². The van der Waals surface area contributed by atoms with Crippen molar-refractivity contribution in [3.63, 3.8) is 0 Å². The summed E-state index contributed by atoms with van der Waals surface area (Å²) in [5.74, 6) is 0.747. The third kappa shape index (κ3) is 4.26. The molecule has 0 saturated heterocycles. The van der Waals surface area contributed by atoms with Crippen LogP contribution in [-0.4, -0.2) is 5.24 Å². The zero-order valence-electron chi connectivity index (χ0n) is 9.96. The van der Waals surface area contributed by atoms with Gasteiger partial charge in [-0.3, -0.25) is 4.79 Å². The molecule has 0 N–H and O–H groups in total. The van der Waals surface area contributed by atoms with Crippen LogP contribution < -0.4 is 0 Å². The molecule has 1 nitrogen and oxygen atoms in total. The van der Waals surface area contributed by atoms with E-state index in [9.17, 15) is 4.79 Å². The van der Waals surface area contributed by atoms with E-state index >= 15 is 0 Å². The van der Waals surface area contributed by atoms with E-state index in [4.69, 9.17) is 11.6 Å². The van der Waals surface area contributed by atoms with Gasteiger partial charge in [-0.05, 0) is 36.1 Å². The predicted octanol–water partition coefficient (Wildman–Crippen LogP) is 4.89. The first-order chi connectivity index (χ1) is 7.67. The molecule has 1 rings (SSSR count). The smallest absolute Gasteiger partial charge is 0.262 e. The molecule has 1 atom stereocenters. The maximum absolute atomic E-state index is 11.0. The Morgan fingerprint density at radius 1 is 1.44 bits per heavy atom. The molecule has 0 bridgehead atoms. The monoisotopic (exact) mass is 258 g/mol. The number of unbranched alkanes of at least 4 members (excludes halogenated alkanes) is 1. The molecule has 1 aromatic rings. The fraction of sp³-hybridized carbons (Fsp3) is 0.615. The van der Waals surface area contributed by atoms with Gasteiger partial charge in [0.05, 0.1) is 4.88 Å². The van der Waals surface area contributed by atoms with Crippen LogP contribution in [0.3, 0.4) is 0 Å². The van der Waals surface area contributed by atoms with Crippen molar-refractivity contribution in [2.45, 2.75) is 46.0 Å². The Hall–Kier alpha value is -0.340. The Kier molecular flexibility index (Phi) is 6.07. The van der Waals surface area contributed by atoms with E-state index in [2.05, 4.69) is 13.8 Å². The molecular weight excluding hydrogens is 240 g/mol. The van der Waals surface area contributed by atoms with Crippen molar-refractivity contribution in [2.24, 2.45) is 5.92 Å². The van der Waals surface area contributed by atoms with Gasteiger partial charge in [0.2, 0.25) is 0 Å². The molecule has 1 unspecified atom stereocenters. The second-order valence-electron chi connectivity index (χ2n) is 4.16. The van der Waals surface area contributed by atoms with E-state index in [-0.39, 0.29) is 5.24 Å². The maximum atomic E-state index is 11.0. The summed E-state index contributed by atoms with van der Waals surface area (Å²) in [7, 11) is 0. The summed E-state index contributed by atoms with van der Waals surface area (Å²) >= 11 is 6.98. The van der Waals surface area contributed by atoms with Crippen LogP contribution >= 0.6 is 22.9 Å². The zero-order chi connectivity index (χ0) is 12.0. The van der Waals surface area contributed by atoms with Crippen LogP contribution in [0.1, 0.15) is 54.1 Å². The molecule has 0 aliphatic rings. The van der Waals surface area contributed by atoms with Gasteiger partial charge in [-0.25, -0.2) is 0 Å². The number of rotatable bonds is 7. The van der Waals surface area contributed by atoms with Gasteiger partial charge in [0, 0.05) is 4.88 Å². The third-order valence-corrected chi connectivity index (χ3v) is 4.31. The molecule has 1 aromatic heterocycles. The molecule has 90 valence electrons. The van der Waals surface area contributed by atoms with Gasteiger partial charge >= 0.3 is 0 Å². The summed E-state index contributed by atoms with van der Waals surface area (Å²) in [5.41, 5.74) is 0. The largest absolute Gasteiger partial charge is 0.275 e. The van der Waals surface area contributed by atoms with Crippen LogP contribution in [0.4, 0.5) is 0 Å². The third-order valence-electron chi connectivity index (χ3n) is 2.89. The first-order valence-electron chi connectivity index (χ1n) is 5.95. The molecule has 0 radical (unpaired) electrons. The lowest BCUT2D eigenvalue weighted by Gasteiger charge is -2.12. The molecule has 0 amide bonds. The highest BCUT2D eigenvalue weighted by Crippen LogP contribution is 2.24. The van der Waals surface area contributed by atoms with E-state index in [1.807, 2.05) is 12.1 Å². The van der Waals surface area contributed by atoms with Gasteiger partial charge in [0.25, 0.3) is 5.24 Å². The van der Waals surface area contributed by atoms with Crippen LogP contribution in [0.25, 0.3) is 0 Å². The first-order valence-corrected chi connectivity index (χ1v) is 7.15. The average molecular weight is 259 g/mol. The van der Waals surface area contributed by atoms with Crippen LogP contribution in [-0.2, 0) is 6.42 Å². The van der Waals surface area contributed by atoms with Crippen molar-refractivity contribution >= 4 is 28.2 Å². The van der Waals surface area contributed by atoms with Crippen LogP contribution in [0.15, 0.2) is 12.1 Å². The molecule has 1 heterocycles. The molecule has 0 aliphatic carbocycles. The van der Waals surface area contributed by atoms with E-state index in [1.165, 1.54) is 41.9 Å². The molecule has 0 saturated carbocycles. The highest BCUT2D eigenvalue weighted by molar-refractivity contribution is 7.15. The second kappa shape index (κ2) is 7.08. The lowest BCUT2D eigenvalue weighted by Crippen LogP contribution is -2.01. The predicted molar refractivity (Wildman–Crippen MR) is 71.5 cm³/mol. The van der Waals surface area contributed by atoms with Crippen LogP contribution in [0.2, 0.25) is 0 Å². The number of hydrogen-bond donors (Lipinski definition) is 0. The molecule has 3 heteroatoms. The van der Waals surface area contributed by atoms with Gasteiger partial charge in [-0.15, -0.1) is 11.3 Å². The summed E-state index contributed by atoms with van der Waals surface area (Å²) in [5, 5.41) is -0.335. The Bertz CT molecular complexity index is 332. The molecule has 0 aliphatic heterocycles. The highest BCUT2D eigenvalue weighted by Gasteiger charge is 2.11. The Morgan fingerprint density at radius 2 is 2.19 bits per heavy atom. The highest BCUT2D eigenvalue weighted by atomic mass is 35.5. The molecular formula is C13H19ClOS. The van der Waals surface area contributed by atoms with E-state index in [0.29, 0.717) is 4.88 Å². The van der Waals surface area contributed by atoms with Gasteiger partial charge in [-0.2, -0.15) is 0 Å². The Labute approximate surface area is 107 Å². The number of halogens is 1. The molecule has 0 aromatic carbocycles.